The van der Waals surface area contributed by atoms with Gasteiger partial charge >= 0.3 is 59.2 Å². The molecule has 2 saturated carbocycles. The number of hydrogen-bond donors (Lipinski definition) is 2. The summed E-state index contributed by atoms with van der Waals surface area (Å²) in [6.45, 7) is 0. The molecule has 2 aromatic rings. The minimum Gasteiger partial charge on any atom is -0.399 e. The van der Waals surface area contributed by atoms with Gasteiger partial charge in [-0.1, -0.05) is 30.3 Å². The molecular formula is C24H13F22IN2. The first kappa shape index (κ1) is 42.4. The summed E-state index contributed by atoms with van der Waals surface area (Å²) in [5.41, 5.74) is 2.73. The third kappa shape index (κ3) is 5.06. The van der Waals surface area contributed by atoms with E-state index in [0.29, 0.717) is 12.1 Å². The summed E-state index contributed by atoms with van der Waals surface area (Å²) in [5, 5.41) is 0. The Morgan fingerprint density at radius 3 is 0.837 bits per heavy atom. The van der Waals surface area contributed by atoms with E-state index in [9.17, 15) is 96.6 Å². The molecule has 25 heteroatoms. The van der Waals surface area contributed by atoms with Crippen molar-refractivity contribution in [2.45, 2.75) is 68.6 Å². The highest BCUT2D eigenvalue weighted by Gasteiger charge is 3.02. The number of alkyl halides is 23. The number of hydrogen-bond acceptors (Lipinski definition) is 2. The number of anilines is 2. The highest BCUT2D eigenvalue weighted by atomic mass is 127. The van der Waals surface area contributed by atoms with E-state index in [0.717, 1.165) is 5.69 Å². The van der Waals surface area contributed by atoms with Crippen molar-refractivity contribution < 1.29 is 96.6 Å². The average Bonchev–Trinajstić information content (AvgIpc) is 2.96. The molecule has 0 atom stereocenters. The lowest BCUT2D eigenvalue weighted by Crippen LogP contribution is -2.82. The molecular weight excluding hydrogens is 861 g/mol. The summed E-state index contributed by atoms with van der Waals surface area (Å²) in [5.74, 6) is -69.7. The molecule has 4 rings (SSSR count). The normalized spacial score (nSPS) is 27.6. The summed E-state index contributed by atoms with van der Waals surface area (Å²) in [4.78, 5) is 0. The van der Waals surface area contributed by atoms with Crippen LogP contribution in [-0.2, 0) is 5.67 Å². The number of halogens is 23. The van der Waals surface area contributed by atoms with Gasteiger partial charge in [-0.2, -0.15) is 87.8 Å². The van der Waals surface area contributed by atoms with Crippen LogP contribution >= 0.6 is 22.6 Å². The number of para-hydroxylation sites is 1. The third-order valence-electron chi connectivity index (χ3n) is 6.92. The van der Waals surface area contributed by atoms with E-state index in [1.54, 1.807) is 0 Å². The highest BCUT2D eigenvalue weighted by molar-refractivity contribution is 14.1. The van der Waals surface area contributed by atoms with Gasteiger partial charge in [0.2, 0.25) is 0 Å². The predicted molar refractivity (Wildman–Crippen MR) is 132 cm³/mol. The number of benzene rings is 2. The maximum Gasteiger partial charge on any atom is 0.384 e. The van der Waals surface area contributed by atoms with Crippen molar-refractivity contribution in [1.82, 2.24) is 0 Å². The Bertz CT molecular complexity index is 1340. The van der Waals surface area contributed by atoms with Crippen molar-refractivity contribution in [2.24, 2.45) is 0 Å². The largest absolute Gasteiger partial charge is 0.399 e. The van der Waals surface area contributed by atoms with Gasteiger partial charge < -0.3 is 11.5 Å². The smallest absolute Gasteiger partial charge is 0.384 e. The summed E-state index contributed by atoms with van der Waals surface area (Å²) >= 11 is -0.716. The van der Waals surface area contributed by atoms with Gasteiger partial charge in [-0.05, 0) is 46.9 Å². The Hall–Kier alpha value is -2.77. The molecule has 0 aliphatic heterocycles. The van der Waals surface area contributed by atoms with Crippen molar-refractivity contribution in [1.29, 1.82) is 0 Å². The lowest BCUT2D eigenvalue weighted by Gasteiger charge is -2.52. The first-order chi connectivity index (χ1) is 21.4. The van der Waals surface area contributed by atoms with Crippen LogP contribution in [0.1, 0.15) is 5.56 Å². The second-order valence-electron chi connectivity index (χ2n) is 10.0. The molecule has 0 amide bonds. The Labute approximate surface area is 270 Å². The standard InChI is InChI=1S/C12H6F11N.C6F11I.C6H7N/c13-7(5-1-3-6(24)4-2-5)8(14,15)10(18,19)12(22,23)11(20,21)9(7,16)17;7-1(8)2(9,10)4(13,14)6(17,18)5(15,16)3(1,11)12;7-6-4-2-1-3-5-6/h1-4H,24H2;;1-5H,7H2. The molecule has 0 heterocycles. The third-order valence-corrected chi connectivity index (χ3v) is 8.27. The number of rotatable bonds is 1. The van der Waals surface area contributed by atoms with Crippen molar-refractivity contribution in [3.63, 3.8) is 0 Å². The minimum atomic E-state index is -7.21. The molecule has 0 radical (unpaired) electrons. The van der Waals surface area contributed by atoms with E-state index in [4.69, 9.17) is 11.5 Å². The molecule has 2 aliphatic carbocycles. The van der Waals surface area contributed by atoms with E-state index >= 15 is 0 Å². The quantitative estimate of drug-likeness (QED) is 0.130. The molecule has 4 N–H and O–H groups in total. The van der Waals surface area contributed by atoms with Gasteiger partial charge in [0.1, 0.15) is 0 Å². The summed E-state index contributed by atoms with van der Waals surface area (Å²) in [6, 6.07) is 10.5. The molecule has 0 unspecified atom stereocenters. The van der Waals surface area contributed by atoms with Crippen LogP contribution in [0.4, 0.5) is 108 Å². The monoisotopic (exact) mass is 874 g/mol. The fraction of sp³-hybridized carbons (Fsp3) is 0.500. The molecule has 49 heavy (non-hydrogen) atoms. The molecule has 2 fully saturated rings. The highest BCUT2D eigenvalue weighted by Crippen LogP contribution is 2.73. The fourth-order valence-corrected chi connectivity index (χ4v) is 4.61. The van der Waals surface area contributed by atoms with E-state index < -0.39 is 96.7 Å². The van der Waals surface area contributed by atoms with E-state index in [1.807, 2.05) is 30.3 Å². The van der Waals surface area contributed by atoms with E-state index in [-0.39, 0.29) is 17.8 Å². The predicted octanol–water partition coefficient (Wildman–Crippen LogP) is 10.2. The molecule has 0 saturated heterocycles. The van der Waals surface area contributed by atoms with Crippen molar-refractivity contribution in [3.05, 3.63) is 60.2 Å². The zero-order chi connectivity index (χ0) is 39.1. The Morgan fingerprint density at radius 1 is 0.327 bits per heavy atom. The van der Waals surface area contributed by atoms with Gasteiger partial charge in [0.15, 0.2) is 0 Å². The van der Waals surface area contributed by atoms with Crippen LogP contribution in [-0.4, -0.2) is 62.9 Å². The lowest BCUT2D eigenvalue weighted by atomic mass is 9.69. The minimum absolute atomic E-state index is 0.00672. The molecule has 0 bridgehead atoms. The summed E-state index contributed by atoms with van der Waals surface area (Å²) in [6.07, 6.45) is 0. The first-order valence-electron chi connectivity index (χ1n) is 11.9. The summed E-state index contributed by atoms with van der Waals surface area (Å²) in [7, 11) is 0. The Morgan fingerprint density at radius 2 is 0.571 bits per heavy atom. The van der Waals surface area contributed by atoms with Crippen LogP contribution in [0.3, 0.4) is 0 Å². The number of nitrogen functional groups attached to an aromatic ring is 2. The van der Waals surface area contributed by atoms with Gasteiger partial charge in [-0.15, -0.1) is 0 Å². The number of nitrogens with two attached hydrogens (primary N) is 2. The van der Waals surface area contributed by atoms with E-state index in [1.165, 1.54) is 0 Å². The van der Waals surface area contributed by atoms with Gasteiger partial charge in [0.05, 0.1) is 0 Å². The van der Waals surface area contributed by atoms with E-state index in [2.05, 4.69) is 0 Å². The first-order valence-corrected chi connectivity index (χ1v) is 13.0. The van der Waals surface area contributed by atoms with Crippen molar-refractivity contribution >= 4 is 34.0 Å². The zero-order valence-electron chi connectivity index (χ0n) is 22.5. The van der Waals surface area contributed by atoms with Crippen LogP contribution in [0.25, 0.3) is 0 Å². The van der Waals surface area contributed by atoms with Crippen molar-refractivity contribution in [3.8, 4) is 0 Å². The Balaban J connectivity index is 0.000000291. The van der Waals surface area contributed by atoms with Crippen LogP contribution in [0, 0.1) is 0 Å². The zero-order valence-corrected chi connectivity index (χ0v) is 24.7. The van der Waals surface area contributed by atoms with Crippen molar-refractivity contribution in [2.75, 3.05) is 11.5 Å². The van der Waals surface area contributed by atoms with Crippen LogP contribution in [0.15, 0.2) is 54.6 Å². The van der Waals surface area contributed by atoms with Gasteiger partial charge in [-0.3, -0.25) is 0 Å². The molecule has 0 spiro atoms. The second-order valence-corrected chi connectivity index (χ2v) is 11.5. The average molecular weight is 874 g/mol. The van der Waals surface area contributed by atoms with Gasteiger partial charge in [-0.25, -0.2) is 8.78 Å². The lowest BCUT2D eigenvalue weighted by molar-refractivity contribution is -0.489. The molecule has 0 aromatic heterocycles. The van der Waals surface area contributed by atoms with Crippen LogP contribution < -0.4 is 11.5 Å². The maximum atomic E-state index is 14.5. The molecule has 2 nitrogen and oxygen atoms in total. The summed E-state index contributed by atoms with van der Waals surface area (Å²) < 4.78 is 281. The topological polar surface area (TPSA) is 52.0 Å². The fourth-order valence-electron chi connectivity index (χ4n) is 3.93. The van der Waals surface area contributed by atoms with Gasteiger partial charge in [0.25, 0.3) is 9.34 Å². The molecule has 2 aliphatic rings. The maximum absolute atomic E-state index is 14.5. The van der Waals surface area contributed by atoms with Crippen LogP contribution in [0.2, 0.25) is 0 Å². The molecule has 280 valence electrons. The Kier molecular flexibility index (Phi) is 10.1. The van der Waals surface area contributed by atoms with Crippen LogP contribution in [0.5, 0.6) is 0 Å². The second kappa shape index (κ2) is 11.6. The molecule has 2 aromatic carbocycles. The van der Waals surface area contributed by atoms with Gasteiger partial charge in [0, 0.05) is 16.9 Å². The SMILES string of the molecule is FC1(F)C(F)(F)C(F)(F)C(F)(I)C(F)(F)C1(F)F.Nc1ccc(C2(F)C(F)(F)C(F)(F)C(F)(F)C(F)(F)C2(F)F)cc1.Nc1ccccc1.